The number of hydrogen-bond acceptors (Lipinski definition) is 1. The van der Waals surface area contributed by atoms with Crippen LogP contribution in [0.5, 0.6) is 0 Å². The molecule has 0 heterocycles. The van der Waals surface area contributed by atoms with Gasteiger partial charge in [0.05, 0.1) is 5.56 Å². The SMILES string of the molecule is CC(C)(C)c1cc(Br)ccc1C(=O)O. The van der Waals surface area contributed by atoms with E-state index in [0.717, 1.165) is 10.0 Å². The normalized spacial score (nSPS) is 11.4. The van der Waals surface area contributed by atoms with E-state index < -0.39 is 5.97 Å². The summed E-state index contributed by atoms with van der Waals surface area (Å²) < 4.78 is 0.910. The Balaban J connectivity index is 3.38. The highest BCUT2D eigenvalue weighted by molar-refractivity contribution is 9.10. The summed E-state index contributed by atoms with van der Waals surface area (Å²) in [4.78, 5) is 11.0. The number of halogens is 1. The van der Waals surface area contributed by atoms with Gasteiger partial charge in [-0.1, -0.05) is 36.7 Å². The first-order chi connectivity index (χ1) is 6.32. The van der Waals surface area contributed by atoms with Crippen LogP contribution in [0.15, 0.2) is 22.7 Å². The average molecular weight is 257 g/mol. The lowest BCUT2D eigenvalue weighted by Crippen LogP contribution is -2.16. The number of aromatic carboxylic acids is 1. The minimum absolute atomic E-state index is 0.155. The number of carbonyl (C=O) groups is 1. The predicted molar refractivity (Wildman–Crippen MR) is 59.8 cm³/mol. The fraction of sp³-hybridized carbons (Fsp3) is 0.364. The molecule has 1 rings (SSSR count). The third-order valence-electron chi connectivity index (χ3n) is 2.02. The number of benzene rings is 1. The molecule has 0 aromatic heterocycles. The van der Waals surface area contributed by atoms with Gasteiger partial charge in [-0.05, 0) is 29.2 Å². The van der Waals surface area contributed by atoms with Crippen LogP contribution >= 0.6 is 15.9 Å². The van der Waals surface area contributed by atoms with Gasteiger partial charge < -0.3 is 5.11 Å². The summed E-state index contributed by atoms with van der Waals surface area (Å²) in [7, 11) is 0. The monoisotopic (exact) mass is 256 g/mol. The maximum atomic E-state index is 11.0. The zero-order chi connectivity index (χ0) is 10.9. The van der Waals surface area contributed by atoms with Gasteiger partial charge in [0, 0.05) is 4.47 Å². The molecule has 3 heteroatoms. The van der Waals surface area contributed by atoms with Crippen LogP contribution in [0.25, 0.3) is 0 Å². The van der Waals surface area contributed by atoms with Crippen molar-refractivity contribution in [1.29, 1.82) is 0 Å². The molecule has 0 aliphatic carbocycles. The van der Waals surface area contributed by atoms with Crippen molar-refractivity contribution in [2.24, 2.45) is 0 Å². The summed E-state index contributed by atoms with van der Waals surface area (Å²) in [6.07, 6.45) is 0. The molecule has 0 aliphatic heterocycles. The van der Waals surface area contributed by atoms with Crippen LogP contribution < -0.4 is 0 Å². The molecular formula is C11H13BrO2. The van der Waals surface area contributed by atoms with E-state index in [-0.39, 0.29) is 5.41 Å². The lowest BCUT2D eigenvalue weighted by Gasteiger charge is -2.21. The van der Waals surface area contributed by atoms with Gasteiger partial charge in [-0.3, -0.25) is 0 Å². The minimum atomic E-state index is -0.873. The Bertz CT molecular complexity index is 364. The van der Waals surface area contributed by atoms with E-state index in [9.17, 15) is 4.79 Å². The topological polar surface area (TPSA) is 37.3 Å². The number of hydrogen-bond donors (Lipinski definition) is 1. The highest BCUT2D eigenvalue weighted by Crippen LogP contribution is 2.28. The van der Waals surface area contributed by atoms with E-state index in [1.165, 1.54) is 0 Å². The van der Waals surface area contributed by atoms with Crippen LogP contribution in [-0.2, 0) is 5.41 Å². The molecule has 0 unspecified atom stereocenters. The second-order valence-electron chi connectivity index (χ2n) is 4.25. The largest absolute Gasteiger partial charge is 0.478 e. The van der Waals surface area contributed by atoms with Crippen molar-refractivity contribution < 1.29 is 9.90 Å². The van der Waals surface area contributed by atoms with Crippen LogP contribution in [0.4, 0.5) is 0 Å². The molecule has 0 amide bonds. The molecular weight excluding hydrogens is 244 g/mol. The van der Waals surface area contributed by atoms with Crippen LogP contribution in [0.3, 0.4) is 0 Å². The smallest absolute Gasteiger partial charge is 0.335 e. The average Bonchev–Trinajstić information content (AvgIpc) is 2.01. The number of rotatable bonds is 1. The third kappa shape index (κ3) is 2.35. The highest BCUT2D eigenvalue weighted by Gasteiger charge is 2.21. The van der Waals surface area contributed by atoms with Crippen molar-refractivity contribution in [3.8, 4) is 0 Å². The molecule has 1 aromatic rings. The standard InChI is InChI=1S/C11H13BrO2/c1-11(2,3)9-6-7(12)4-5-8(9)10(13)14/h4-6H,1-3H3,(H,13,14). The van der Waals surface area contributed by atoms with Crippen molar-refractivity contribution in [2.45, 2.75) is 26.2 Å². The zero-order valence-corrected chi connectivity index (χ0v) is 10.1. The van der Waals surface area contributed by atoms with Gasteiger partial charge in [0.15, 0.2) is 0 Å². The second-order valence-corrected chi connectivity index (χ2v) is 5.16. The summed E-state index contributed by atoms with van der Waals surface area (Å²) in [6.45, 7) is 6.00. The quantitative estimate of drug-likeness (QED) is 0.836. The molecule has 0 saturated carbocycles. The Labute approximate surface area is 92.1 Å². The van der Waals surface area contributed by atoms with E-state index in [4.69, 9.17) is 5.11 Å². The van der Waals surface area contributed by atoms with Crippen molar-refractivity contribution in [2.75, 3.05) is 0 Å². The summed E-state index contributed by atoms with van der Waals surface area (Å²) in [5, 5.41) is 9.00. The highest BCUT2D eigenvalue weighted by atomic mass is 79.9. The van der Waals surface area contributed by atoms with Crippen LogP contribution in [0.1, 0.15) is 36.7 Å². The molecule has 0 saturated heterocycles. The van der Waals surface area contributed by atoms with Crippen molar-refractivity contribution in [1.82, 2.24) is 0 Å². The molecule has 1 aromatic carbocycles. The van der Waals surface area contributed by atoms with Gasteiger partial charge in [0.2, 0.25) is 0 Å². The van der Waals surface area contributed by atoms with Crippen LogP contribution in [0.2, 0.25) is 0 Å². The Morgan fingerprint density at radius 3 is 2.36 bits per heavy atom. The molecule has 0 spiro atoms. The van der Waals surface area contributed by atoms with Gasteiger partial charge >= 0.3 is 5.97 Å². The van der Waals surface area contributed by atoms with Gasteiger partial charge in [0.1, 0.15) is 0 Å². The molecule has 0 bridgehead atoms. The van der Waals surface area contributed by atoms with Crippen molar-refractivity contribution >= 4 is 21.9 Å². The molecule has 76 valence electrons. The summed E-state index contributed by atoms with van der Waals surface area (Å²) in [6, 6.07) is 5.25. The number of carboxylic acids is 1. The van der Waals surface area contributed by atoms with E-state index in [0.29, 0.717) is 5.56 Å². The fourth-order valence-corrected chi connectivity index (χ4v) is 1.68. The van der Waals surface area contributed by atoms with Crippen molar-refractivity contribution in [3.63, 3.8) is 0 Å². The summed E-state index contributed by atoms with van der Waals surface area (Å²) >= 11 is 3.34. The van der Waals surface area contributed by atoms with E-state index in [2.05, 4.69) is 15.9 Å². The Kier molecular flexibility index (Phi) is 3.00. The second kappa shape index (κ2) is 3.73. The Hall–Kier alpha value is -0.830. The Morgan fingerprint density at radius 2 is 1.93 bits per heavy atom. The Morgan fingerprint density at radius 1 is 1.36 bits per heavy atom. The van der Waals surface area contributed by atoms with Crippen LogP contribution in [0, 0.1) is 0 Å². The molecule has 1 N–H and O–H groups in total. The third-order valence-corrected chi connectivity index (χ3v) is 2.51. The molecule has 2 nitrogen and oxygen atoms in total. The van der Waals surface area contributed by atoms with Gasteiger partial charge in [0.25, 0.3) is 0 Å². The van der Waals surface area contributed by atoms with E-state index >= 15 is 0 Å². The van der Waals surface area contributed by atoms with E-state index in [1.807, 2.05) is 26.8 Å². The molecule has 0 radical (unpaired) electrons. The fourth-order valence-electron chi connectivity index (χ4n) is 1.32. The maximum absolute atomic E-state index is 11.0. The molecule has 0 aliphatic rings. The number of carboxylic acid groups (broad SMARTS) is 1. The lowest BCUT2D eigenvalue weighted by molar-refractivity contribution is 0.0694. The summed E-state index contributed by atoms with van der Waals surface area (Å²) in [5.74, 6) is -0.873. The van der Waals surface area contributed by atoms with Crippen LogP contribution in [-0.4, -0.2) is 11.1 Å². The van der Waals surface area contributed by atoms with Gasteiger partial charge in [-0.2, -0.15) is 0 Å². The van der Waals surface area contributed by atoms with E-state index in [1.54, 1.807) is 12.1 Å². The van der Waals surface area contributed by atoms with Gasteiger partial charge in [-0.15, -0.1) is 0 Å². The van der Waals surface area contributed by atoms with Crippen molar-refractivity contribution in [3.05, 3.63) is 33.8 Å². The first kappa shape index (κ1) is 11.2. The zero-order valence-electron chi connectivity index (χ0n) is 8.47. The molecule has 0 fully saturated rings. The molecule has 0 atom stereocenters. The first-order valence-electron chi connectivity index (χ1n) is 4.35. The van der Waals surface area contributed by atoms with Gasteiger partial charge in [-0.25, -0.2) is 4.79 Å². The first-order valence-corrected chi connectivity index (χ1v) is 5.15. The minimum Gasteiger partial charge on any atom is -0.478 e. The maximum Gasteiger partial charge on any atom is 0.335 e. The lowest BCUT2D eigenvalue weighted by atomic mass is 9.84. The predicted octanol–water partition coefficient (Wildman–Crippen LogP) is 3.44. The molecule has 14 heavy (non-hydrogen) atoms. The summed E-state index contributed by atoms with van der Waals surface area (Å²) in [5.41, 5.74) is 1.07.